The van der Waals surface area contributed by atoms with E-state index in [0.29, 0.717) is 17.2 Å². The molecule has 3 aromatic rings. The number of benzene rings is 2. The maximum absolute atomic E-state index is 14.5. The molecule has 4 rings (SSSR count). The van der Waals surface area contributed by atoms with Crippen LogP contribution in [0.25, 0.3) is 11.1 Å². The molecular weight excluding hydrogens is 507 g/mol. The van der Waals surface area contributed by atoms with Crippen LogP contribution in [-0.4, -0.2) is 47.3 Å². The third kappa shape index (κ3) is 6.13. The van der Waals surface area contributed by atoms with Crippen LogP contribution in [0.5, 0.6) is 5.75 Å². The number of likely N-dealkylation sites (tertiary alicyclic amines) is 1. The first-order chi connectivity index (χ1) is 16.0. The molecular formula is C26H23BrClFN2O2. The van der Waals surface area contributed by atoms with Crippen LogP contribution < -0.4 is 4.74 Å². The van der Waals surface area contributed by atoms with E-state index < -0.39 is 5.82 Å². The lowest BCUT2D eigenvalue weighted by atomic mass is 10.1. The summed E-state index contributed by atoms with van der Waals surface area (Å²) in [4.78, 5) is 6.44. The number of aliphatic hydroxyl groups excluding tert-OH is 1. The van der Waals surface area contributed by atoms with Gasteiger partial charge in [0.2, 0.25) is 0 Å². The van der Waals surface area contributed by atoms with E-state index in [-0.39, 0.29) is 18.3 Å². The third-order valence-electron chi connectivity index (χ3n) is 5.62. The molecule has 0 unspecified atom stereocenters. The highest BCUT2D eigenvalue weighted by Gasteiger charge is 2.23. The number of nitrogens with zero attached hydrogens (tertiary/aromatic N) is 2. The predicted octanol–water partition coefficient (Wildman–Crippen LogP) is 5.54. The minimum Gasteiger partial charge on any atom is -0.491 e. The van der Waals surface area contributed by atoms with Crippen LogP contribution in [-0.2, 0) is 0 Å². The molecule has 0 bridgehead atoms. The number of aromatic nitrogens is 1. The summed E-state index contributed by atoms with van der Waals surface area (Å²) in [5, 5.41) is 10.0. The van der Waals surface area contributed by atoms with Gasteiger partial charge >= 0.3 is 0 Å². The zero-order valence-electron chi connectivity index (χ0n) is 17.9. The van der Waals surface area contributed by atoms with E-state index in [2.05, 4.69) is 37.7 Å². The molecule has 1 saturated heterocycles. The molecule has 4 nitrogen and oxygen atoms in total. The second-order valence-electron chi connectivity index (χ2n) is 7.82. The van der Waals surface area contributed by atoms with Crippen molar-refractivity contribution in [2.75, 3.05) is 26.3 Å². The van der Waals surface area contributed by atoms with Gasteiger partial charge in [-0.05, 0) is 83.2 Å². The van der Waals surface area contributed by atoms with Crippen molar-refractivity contribution in [2.24, 2.45) is 0 Å². The Kier molecular flexibility index (Phi) is 8.00. The summed E-state index contributed by atoms with van der Waals surface area (Å²) < 4.78 is 21.2. The summed E-state index contributed by atoms with van der Waals surface area (Å²) in [6, 6.07) is 14.3. The van der Waals surface area contributed by atoms with Crippen LogP contribution in [0.4, 0.5) is 4.39 Å². The first-order valence-electron chi connectivity index (χ1n) is 10.7. The van der Waals surface area contributed by atoms with E-state index in [1.54, 1.807) is 18.3 Å². The second-order valence-corrected chi connectivity index (χ2v) is 9.11. The molecule has 1 N–H and O–H groups in total. The van der Waals surface area contributed by atoms with Crippen LogP contribution >= 0.6 is 27.5 Å². The lowest BCUT2D eigenvalue weighted by Gasteiger charge is -2.22. The fourth-order valence-electron chi connectivity index (χ4n) is 3.83. The molecule has 7 heteroatoms. The smallest absolute Gasteiger partial charge is 0.158 e. The fraction of sp³-hybridized carbons (Fsp3) is 0.269. The van der Waals surface area contributed by atoms with Crippen molar-refractivity contribution in [3.63, 3.8) is 0 Å². The van der Waals surface area contributed by atoms with Crippen molar-refractivity contribution in [1.82, 2.24) is 9.88 Å². The van der Waals surface area contributed by atoms with Gasteiger partial charge in [-0.1, -0.05) is 29.7 Å². The van der Waals surface area contributed by atoms with Gasteiger partial charge in [-0.15, -0.1) is 0 Å². The zero-order chi connectivity index (χ0) is 23.2. The Morgan fingerprint density at radius 3 is 2.70 bits per heavy atom. The third-order valence-corrected chi connectivity index (χ3v) is 6.49. The van der Waals surface area contributed by atoms with Gasteiger partial charge in [-0.3, -0.25) is 4.90 Å². The van der Waals surface area contributed by atoms with Crippen LogP contribution in [0, 0.1) is 17.7 Å². The highest BCUT2D eigenvalue weighted by molar-refractivity contribution is 9.10. The monoisotopic (exact) mass is 528 g/mol. The normalized spacial score (nSPS) is 15.8. The standard InChI is InChI=1S/C26H23BrClFN2O2/c27-23-14-18(4-10-26(23)33-13-12-31-11-1-2-22(31)17-32)3-9-25-24(29)15-20(16-30-25)19-5-7-21(28)8-6-19/h4-8,10,14-16,22,32H,1-2,11-13,17H2/t22-/m0/s1. The SMILES string of the molecule is OC[C@@H]1CCCN1CCOc1ccc(C#Cc2ncc(-c3ccc(Cl)cc3)cc2F)cc1Br. The number of hydrogen-bond acceptors (Lipinski definition) is 4. The maximum Gasteiger partial charge on any atom is 0.158 e. The first-order valence-corrected chi connectivity index (χ1v) is 11.9. The van der Waals surface area contributed by atoms with Crippen LogP contribution in [0.1, 0.15) is 24.1 Å². The van der Waals surface area contributed by atoms with Crippen LogP contribution in [0.15, 0.2) is 59.2 Å². The average Bonchev–Trinajstić information content (AvgIpc) is 3.27. The molecule has 0 radical (unpaired) electrons. The van der Waals surface area contributed by atoms with E-state index in [1.165, 1.54) is 6.07 Å². The molecule has 1 fully saturated rings. The lowest BCUT2D eigenvalue weighted by molar-refractivity contribution is 0.139. The van der Waals surface area contributed by atoms with E-state index in [1.807, 2.05) is 30.3 Å². The Morgan fingerprint density at radius 1 is 1.15 bits per heavy atom. The predicted molar refractivity (Wildman–Crippen MR) is 132 cm³/mol. The Labute approximate surface area is 206 Å². The van der Waals surface area contributed by atoms with Gasteiger partial charge in [0, 0.05) is 34.9 Å². The van der Waals surface area contributed by atoms with Gasteiger partial charge < -0.3 is 9.84 Å². The minimum absolute atomic E-state index is 0.0909. The number of rotatable bonds is 6. The van der Waals surface area contributed by atoms with E-state index in [0.717, 1.165) is 47.3 Å². The summed E-state index contributed by atoms with van der Waals surface area (Å²) in [5.41, 5.74) is 2.31. The summed E-state index contributed by atoms with van der Waals surface area (Å²) >= 11 is 9.43. The van der Waals surface area contributed by atoms with Gasteiger partial charge in [0.25, 0.3) is 0 Å². The van der Waals surface area contributed by atoms with Gasteiger partial charge in [-0.25, -0.2) is 9.37 Å². The van der Waals surface area contributed by atoms with Gasteiger partial charge in [-0.2, -0.15) is 0 Å². The van der Waals surface area contributed by atoms with Crippen molar-refractivity contribution in [2.45, 2.75) is 18.9 Å². The Hall–Kier alpha value is -2.43. The van der Waals surface area contributed by atoms with Gasteiger partial charge in [0.1, 0.15) is 18.1 Å². The Balaban J connectivity index is 1.39. The zero-order valence-corrected chi connectivity index (χ0v) is 20.2. The summed E-state index contributed by atoms with van der Waals surface area (Å²) in [6.07, 6.45) is 3.75. The molecule has 0 saturated carbocycles. The van der Waals surface area contributed by atoms with Crippen LogP contribution in [0.2, 0.25) is 5.02 Å². The largest absolute Gasteiger partial charge is 0.491 e. The molecule has 170 valence electrons. The molecule has 2 heterocycles. The fourth-order valence-corrected chi connectivity index (χ4v) is 4.45. The molecule has 0 amide bonds. The molecule has 0 spiro atoms. The highest BCUT2D eigenvalue weighted by atomic mass is 79.9. The molecule has 1 aromatic heterocycles. The average molecular weight is 530 g/mol. The minimum atomic E-state index is -0.475. The highest BCUT2D eigenvalue weighted by Crippen LogP contribution is 2.26. The second kappa shape index (κ2) is 11.1. The Morgan fingerprint density at radius 2 is 1.97 bits per heavy atom. The van der Waals surface area contributed by atoms with Crippen molar-refractivity contribution >= 4 is 27.5 Å². The molecule has 1 aliphatic rings. The molecule has 33 heavy (non-hydrogen) atoms. The topological polar surface area (TPSA) is 45.6 Å². The molecule has 0 aliphatic carbocycles. The maximum atomic E-state index is 14.5. The molecule has 1 atom stereocenters. The van der Waals surface area contributed by atoms with E-state index >= 15 is 0 Å². The number of aliphatic hydroxyl groups is 1. The van der Waals surface area contributed by atoms with Crippen molar-refractivity contribution < 1.29 is 14.2 Å². The number of pyridine rings is 1. The van der Waals surface area contributed by atoms with E-state index in [9.17, 15) is 9.50 Å². The van der Waals surface area contributed by atoms with Gasteiger partial charge in [0.15, 0.2) is 5.82 Å². The molecule has 1 aliphatic heterocycles. The quantitative estimate of drug-likeness (QED) is 0.426. The summed E-state index contributed by atoms with van der Waals surface area (Å²) in [7, 11) is 0. The Bertz CT molecular complexity index is 1180. The van der Waals surface area contributed by atoms with Gasteiger partial charge in [0.05, 0.1) is 11.1 Å². The van der Waals surface area contributed by atoms with Crippen molar-refractivity contribution in [3.05, 3.63) is 81.3 Å². The number of ether oxygens (including phenoxy) is 1. The number of hydrogen-bond donors (Lipinski definition) is 1. The van der Waals surface area contributed by atoms with Crippen LogP contribution in [0.3, 0.4) is 0 Å². The van der Waals surface area contributed by atoms with E-state index in [4.69, 9.17) is 16.3 Å². The summed E-state index contributed by atoms with van der Waals surface area (Å²) in [5.74, 6) is 6.01. The lowest BCUT2D eigenvalue weighted by Crippen LogP contribution is -2.35. The molecule has 2 aromatic carbocycles. The van der Waals surface area contributed by atoms with Crippen molar-refractivity contribution in [3.8, 4) is 28.7 Å². The first kappa shape index (κ1) is 23.7. The van der Waals surface area contributed by atoms with Crippen molar-refractivity contribution in [1.29, 1.82) is 0 Å². The summed E-state index contributed by atoms with van der Waals surface area (Å²) in [6.45, 7) is 2.50. The number of halogens is 3.